The second kappa shape index (κ2) is 8.74. The molecule has 160 valence electrons. The van der Waals surface area contributed by atoms with Crippen LogP contribution in [-0.4, -0.2) is 37.4 Å². The van der Waals surface area contributed by atoms with E-state index in [1.54, 1.807) is 34.4 Å². The minimum atomic E-state index is 0.188. The van der Waals surface area contributed by atoms with Gasteiger partial charge in [-0.2, -0.15) is 0 Å². The Morgan fingerprint density at radius 2 is 1.81 bits per heavy atom. The molecule has 0 spiro atoms. The average molecular weight is 478 g/mol. The number of rotatable bonds is 6. The lowest BCUT2D eigenvalue weighted by Gasteiger charge is -2.14. The van der Waals surface area contributed by atoms with Gasteiger partial charge >= 0.3 is 0 Å². The molecule has 0 radical (unpaired) electrons. The summed E-state index contributed by atoms with van der Waals surface area (Å²) in [6.45, 7) is 1.56. The van der Waals surface area contributed by atoms with Crippen LogP contribution in [0.15, 0.2) is 69.5 Å². The van der Waals surface area contributed by atoms with Crippen LogP contribution in [0.2, 0.25) is 0 Å². The second-order valence-corrected chi connectivity index (χ2v) is 10.3. The summed E-state index contributed by atoms with van der Waals surface area (Å²) < 4.78 is 8.12. The van der Waals surface area contributed by atoms with Gasteiger partial charge in [0.1, 0.15) is 5.03 Å². The molecule has 1 fully saturated rings. The maximum absolute atomic E-state index is 5.94. The quantitative estimate of drug-likeness (QED) is 0.279. The molecule has 6 rings (SSSR count). The highest BCUT2D eigenvalue weighted by Gasteiger charge is 2.23. The summed E-state index contributed by atoms with van der Waals surface area (Å²) in [6.07, 6.45) is 2.35. The molecule has 0 saturated carbocycles. The second-order valence-electron chi connectivity index (χ2n) is 7.48. The molecule has 5 aromatic rings. The van der Waals surface area contributed by atoms with Crippen molar-refractivity contribution in [3.63, 3.8) is 0 Å². The van der Waals surface area contributed by atoms with Gasteiger partial charge in [-0.15, -0.1) is 32.9 Å². The maximum Gasteiger partial charge on any atom is 0.197 e. The number of aromatic nitrogens is 5. The first-order valence-electron chi connectivity index (χ1n) is 10.4. The Morgan fingerprint density at radius 3 is 2.59 bits per heavy atom. The Balaban J connectivity index is 1.44. The molecule has 1 aliphatic heterocycles. The number of fused-ring (bicyclic) bond motifs is 1. The summed E-state index contributed by atoms with van der Waals surface area (Å²) >= 11 is 4.87. The van der Waals surface area contributed by atoms with Crippen molar-refractivity contribution in [1.82, 2.24) is 24.7 Å². The van der Waals surface area contributed by atoms with Gasteiger partial charge in [0.05, 0.1) is 27.9 Å². The van der Waals surface area contributed by atoms with Gasteiger partial charge in [-0.3, -0.25) is 4.57 Å². The molecule has 9 heteroatoms. The van der Waals surface area contributed by atoms with Crippen LogP contribution >= 0.6 is 34.4 Å². The number of hydrogen-bond acceptors (Lipinski definition) is 8. The van der Waals surface area contributed by atoms with E-state index in [-0.39, 0.29) is 6.10 Å². The van der Waals surface area contributed by atoms with Crippen LogP contribution in [0.1, 0.15) is 12.8 Å². The number of nitrogens with zero attached hydrogens (tertiary/aromatic N) is 5. The Bertz CT molecular complexity index is 1340. The first-order chi connectivity index (χ1) is 15.8. The molecule has 0 bridgehead atoms. The van der Waals surface area contributed by atoms with Gasteiger partial charge in [0.2, 0.25) is 0 Å². The lowest BCUT2D eigenvalue weighted by Crippen LogP contribution is -2.16. The third-order valence-electron chi connectivity index (χ3n) is 5.37. The molecule has 6 nitrogen and oxygen atoms in total. The molecule has 0 amide bonds. The Hall–Kier alpha value is -2.59. The largest absolute Gasteiger partial charge is 0.376 e. The van der Waals surface area contributed by atoms with Crippen LogP contribution in [0, 0.1) is 0 Å². The highest BCUT2D eigenvalue weighted by Crippen LogP contribution is 2.36. The Morgan fingerprint density at radius 1 is 0.969 bits per heavy atom. The van der Waals surface area contributed by atoms with Gasteiger partial charge < -0.3 is 4.74 Å². The summed E-state index contributed by atoms with van der Waals surface area (Å²) in [4.78, 5) is 11.9. The predicted molar refractivity (Wildman–Crippen MR) is 129 cm³/mol. The molecule has 5 heterocycles. The van der Waals surface area contributed by atoms with E-state index in [4.69, 9.17) is 14.7 Å². The van der Waals surface area contributed by atoms with Crippen molar-refractivity contribution in [3.05, 3.63) is 59.3 Å². The van der Waals surface area contributed by atoms with Gasteiger partial charge in [0, 0.05) is 12.0 Å². The molecule has 0 unspecified atom stereocenters. The fourth-order valence-corrected chi connectivity index (χ4v) is 6.15. The molecule has 32 heavy (non-hydrogen) atoms. The van der Waals surface area contributed by atoms with E-state index >= 15 is 0 Å². The lowest BCUT2D eigenvalue weighted by atomic mass is 10.2. The van der Waals surface area contributed by atoms with Crippen LogP contribution in [-0.2, 0) is 11.3 Å². The van der Waals surface area contributed by atoms with E-state index in [1.165, 1.54) is 0 Å². The fourth-order valence-electron chi connectivity index (χ4n) is 3.84. The molecule has 4 aromatic heterocycles. The van der Waals surface area contributed by atoms with Gasteiger partial charge in [-0.1, -0.05) is 30.3 Å². The number of para-hydroxylation sites is 1. The number of ether oxygens (including phenoxy) is 1. The van der Waals surface area contributed by atoms with Gasteiger partial charge in [-0.05, 0) is 53.6 Å². The van der Waals surface area contributed by atoms with Crippen molar-refractivity contribution < 1.29 is 4.74 Å². The van der Waals surface area contributed by atoms with E-state index < -0.39 is 0 Å². The Kier molecular flexibility index (Phi) is 5.48. The van der Waals surface area contributed by atoms with Crippen molar-refractivity contribution in [2.75, 3.05) is 6.61 Å². The summed E-state index contributed by atoms with van der Waals surface area (Å²) in [5, 5.41) is 16.0. The van der Waals surface area contributed by atoms with Crippen molar-refractivity contribution in [1.29, 1.82) is 0 Å². The molecule has 0 N–H and O–H groups in total. The van der Waals surface area contributed by atoms with Crippen molar-refractivity contribution >= 4 is 45.3 Å². The molecule has 1 aromatic carbocycles. The molecule has 1 saturated heterocycles. The normalized spacial score (nSPS) is 16.2. The number of benzene rings is 1. The summed E-state index contributed by atoms with van der Waals surface area (Å²) in [5.74, 6) is 1.62. The standard InChI is InChI=1S/C23H19N5OS3/c1-2-8-17-16(7-1)22(25-20(24-17)18-9-4-12-30-18)32-23-27-26-21(19-10-5-13-31-19)28(23)14-15-6-3-11-29-15/h1-2,4-5,7-10,12-13,15H,3,6,11,14H2/t15-/m0/s1. The number of hydrogen-bond donors (Lipinski definition) is 0. The summed E-state index contributed by atoms with van der Waals surface area (Å²) in [6, 6.07) is 16.3. The van der Waals surface area contributed by atoms with Crippen molar-refractivity contribution in [3.8, 4) is 21.4 Å². The first kappa shape index (κ1) is 20.0. The van der Waals surface area contributed by atoms with Crippen LogP contribution in [0.25, 0.3) is 32.3 Å². The zero-order chi connectivity index (χ0) is 21.3. The zero-order valence-corrected chi connectivity index (χ0v) is 19.5. The fraction of sp³-hybridized carbons (Fsp3) is 0.217. The smallest absolute Gasteiger partial charge is 0.197 e. The molecular formula is C23H19N5OS3. The van der Waals surface area contributed by atoms with Crippen molar-refractivity contribution in [2.45, 2.75) is 35.7 Å². The van der Waals surface area contributed by atoms with E-state index in [9.17, 15) is 0 Å². The minimum Gasteiger partial charge on any atom is -0.376 e. The van der Waals surface area contributed by atoms with Crippen LogP contribution in [0.3, 0.4) is 0 Å². The van der Waals surface area contributed by atoms with Gasteiger partial charge in [-0.25, -0.2) is 9.97 Å². The van der Waals surface area contributed by atoms with Crippen LogP contribution < -0.4 is 0 Å². The average Bonchev–Trinajstić information content (AvgIpc) is 3.62. The van der Waals surface area contributed by atoms with Crippen LogP contribution in [0.5, 0.6) is 0 Å². The van der Waals surface area contributed by atoms with E-state index in [1.807, 2.05) is 35.7 Å². The first-order valence-corrected chi connectivity index (χ1v) is 13.0. The van der Waals surface area contributed by atoms with Crippen molar-refractivity contribution in [2.24, 2.45) is 0 Å². The van der Waals surface area contributed by atoms with Gasteiger partial charge in [0.25, 0.3) is 0 Å². The predicted octanol–water partition coefficient (Wildman–Crippen LogP) is 6.01. The third kappa shape index (κ3) is 3.86. The van der Waals surface area contributed by atoms with E-state index in [0.717, 1.165) is 68.5 Å². The van der Waals surface area contributed by atoms with Gasteiger partial charge in [0.15, 0.2) is 16.8 Å². The molecular weight excluding hydrogens is 458 g/mol. The monoisotopic (exact) mass is 477 g/mol. The third-order valence-corrected chi connectivity index (χ3v) is 8.09. The van der Waals surface area contributed by atoms with Crippen LogP contribution in [0.4, 0.5) is 0 Å². The molecule has 0 aliphatic carbocycles. The Labute approximate surface area is 197 Å². The summed E-state index contributed by atoms with van der Waals surface area (Å²) in [7, 11) is 0. The highest BCUT2D eigenvalue weighted by atomic mass is 32.2. The SMILES string of the molecule is c1csc(-c2nc(Sc3nnc(-c4cccs4)n3C[C@@H]3CCCO3)c3ccccc3n2)c1. The summed E-state index contributed by atoms with van der Waals surface area (Å²) in [5.41, 5.74) is 0.928. The topological polar surface area (TPSA) is 65.7 Å². The lowest BCUT2D eigenvalue weighted by molar-refractivity contribution is 0.0953. The van der Waals surface area contributed by atoms with E-state index in [2.05, 4.69) is 38.3 Å². The van der Waals surface area contributed by atoms with E-state index in [0.29, 0.717) is 0 Å². The highest BCUT2D eigenvalue weighted by molar-refractivity contribution is 7.99. The molecule has 1 aliphatic rings. The maximum atomic E-state index is 5.94. The molecule has 1 atom stereocenters. The zero-order valence-electron chi connectivity index (χ0n) is 17.0. The minimum absolute atomic E-state index is 0.188. The number of thiophene rings is 2.